The van der Waals surface area contributed by atoms with Crippen LogP contribution in [0.15, 0.2) is 17.5 Å². The number of pyridine rings is 1. The Morgan fingerprint density at radius 3 is 2.88 bits per heavy atom. The third-order valence-electron chi connectivity index (χ3n) is 2.37. The molecule has 3 aromatic rings. The Kier molecular flexibility index (Phi) is 2.19. The molecule has 4 N–H and O–H groups in total. The zero-order valence-corrected chi connectivity index (χ0v) is 9.88. The van der Waals surface area contributed by atoms with Gasteiger partial charge >= 0.3 is 0 Å². The van der Waals surface area contributed by atoms with Crippen molar-refractivity contribution in [2.24, 2.45) is 0 Å². The largest absolute Gasteiger partial charge is 0.375 e. The molecule has 0 amide bonds. The third kappa shape index (κ3) is 1.70. The zero-order valence-electron chi connectivity index (χ0n) is 9.06. The lowest BCUT2D eigenvalue weighted by molar-refractivity contribution is 1.26. The maximum absolute atomic E-state index is 5.60. The van der Waals surface area contributed by atoms with Gasteiger partial charge in [0, 0.05) is 12.4 Å². The fraction of sp³-hybridized carbons (Fsp3) is 0.100. The van der Waals surface area contributed by atoms with Crippen molar-refractivity contribution in [1.29, 1.82) is 0 Å². The van der Waals surface area contributed by atoms with Gasteiger partial charge in [0.1, 0.15) is 11.5 Å². The fourth-order valence-corrected chi connectivity index (χ4v) is 2.10. The summed E-state index contributed by atoms with van der Waals surface area (Å²) in [6, 6.07) is 3.82. The molecular formula is C10H10N6S. The summed E-state index contributed by atoms with van der Waals surface area (Å²) in [4.78, 5) is 16.1. The number of hydrogen-bond acceptors (Lipinski definition) is 6. The number of aromatic amines is 1. The minimum atomic E-state index is 0.532. The number of nitrogens with two attached hydrogens (primary N) is 1. The molecule has 0 unspecified atom stereocenters. The summed E-state index contributed by atoms with van der Waals surface area (Å²) in [7, 11) is 1.82. The first-order valence-electron chi connectivity index (χ1n) is 5.02. The fourth-order valence-electron chi connectivity index (χ4n) is 1.55. The molecule has 0 aliphatic rings. The first-order chi connectivity index (χ1) is 8.26. The normalized spacial score (nSPS) is 10.9. The molecule has 3 rings (SSSR count). The summed E-state index contributed by atoms with van der Waals surface area (Å²) in [6.45, 7) is 0. The number of thiazole rings is 1. The van der Waals surface area contributed by atoms with Crippen LogP contribution in [0.3, 0.4) is 0 Å². The molecule has 0 fully saturated rings. The van der Waals surface area contributed by atoms with E-state index in [-0.39, 0.29) is 0 Å². The van der Waals surface area contributed by atoms with Gasteiger partial charge in [0.2, 0.25) is 0 Å². The monoisotopic (exact) mass is 246 g/mol. The van der Waals surface area contributed by atoms with Gasteiger partial charge in [0.05, 0.1) is 5.52 Å². The van der Waals surface area contributed by atoms with Crippen molar-refractivity contribution in [3.63, 3.8) is 0 Å². The van der Waals surface area contributed by atoms with Gasteiger partial charge in [-0.15, -0.1) is 11.3 Å². The Hall–Kier alpha value is -2.15. The number of hydrogen-bond donors (Lipinski definition) is 3. The molecule has 17 heavy (non-hydrogen) atoms. The van der Waals surface area contributed by atoms with Crippen molar-refractivity contribution in [3.8, 4) is 11.5 Å². The molecule has 0 radical (unpaired) electrons. The van der Waals surface area contributed by atoms with Crippen LogP contribution in [-0.4, -0.2) is 27.0 Å². The molecule has 86 valence electrons. The van der Waals surface area contributed by atoms with Crippen LogP contribution in [0.25, 0.3) is 22.7 Å². The van der Waals surface area contributed by atoms with Crippen LogP contribution in [0.4, 0.5) is 10.9 Å². The van der Waals surface area contributed by atoms with Crippen molar-refractivity contribution in [1.82, 2.24) is 19.9 Å². The van der Waals surface area contributed by atoms with Crippen molar-refractivity contribution >= 4 is 33.5 Å². The second-order valence-electron chi connectivity index (χ2n) is 3.47. The van der Waals surface area contributed by atoms with E-state index in [1.165, 1.54) is 11.3 Å². The van der Waals surface area contributed by atoms with Gasteiger partial charge in [-0.3, -0.25) is 0 Å². The Balaban J connectivity index is 2.13. The van der Waals surface area contributed by atoms with Crippen molar-refractivity contribution < 1.29 is 0 Å². The number of rotatable bonds is 2. The number of nitrogens with one attached hydrogen (secondary N) is 2. The summed E-state index contributed by atoms with van der Waals surface area (Å²) in [5.74, 6) is 1.47. The predicted octanol–water partition coefficient (Wildman–Crippen LogP) is 1.71. The molecule has 6 nitrogen and oxygen atoms in total. The lowest BCUT2D eigenvalue weighted by Crippen LogP contribution is -1.91. The molecule has 0 aromatic carbocycles. The first-order valence-corrected chi connectivity index (χ1v) is 5.90. The molecule has 0 aliphatic heterocycles. The van der Waals surface area contributed by atoms with E-state index in [2.05, 4.69) is 25.3 Å². The van der Waals surface area contributed by atoms with Crippen LogP contribution >= 0.6 is 11.3 Å². The van der Waals surface area contributed by atoms with E-state index in [4.69, 9.17) is 5.73 Å². The molecule has 0 saturated carbocycles. The highest BCUT2D eigenvalue weighted by Gasteiger charge is 2.09. The molecule has 0 bridgehead atoms. The van der Waals surface area contributed by atoms with Crippen molar-refractivity contribution in [3.05, 3.63) is 17.5 Å². The number of aromatic nitrogens is 4. The van der Waals surface area contributed by atoms with E-state index >= 15 is 0 Å². The van der Waals surface area contributed by atoms with Gasteiger partial charge in [-0.2, -0.15) is 0 Å². The SMILES string of the molecule is CNc1ccc2[nH]c(-c3csc(N)n3)nc2n1. The van der Waals surface area contributed by atoms with Gasteiger partial charge in [0.25, 0.3) is 0 Å². The van der Waals surface area contributed by atoms with Gasteiger partial charge in [-0.25, -0.2) is 15.0 Å². The predicted molar refractivity (Wildman–Crippen MR) is 69.0 cm³/mol. The van der Waals surface area contributed by atoms with Crippen LogP contribution in [0.2, 0.25) is 0 Å². The summed E-state index contributed by atoms with van der Waals surface area (Å²) in [5.41, 5.74) is 7.89. The molecular weight excluding hydrogens is 236 g/mol. The maximum atomic E-state index is 5.60. The second-order valence-corrected chi connectivity index (χ2v) is 4.36. The highest BCUT2D eigenvalue weighted by Crippen LogP contribution is 2.23. The van der Waals surface area contributed by atoms with E-state index in [9.17, 15) is 0 Å². The first kappa shape index (κ1) is 10.0. The van der Waals surface area contributed by atoms with Crippen molar-refractivity contribution in [2.75, 3.05) is 18.1 Å². The summed E-state index contributed by atoms with van der Waals surface area (Å²) in [5, 5.41) is 5.37. The van der Waals surface area contributed by atoms with E-state index in [0.29, 0.717) is 16.6 Å². The Morgan fingerprint density at radius 2 is 2.18 bits per heavy atom. The zero-order chi connectivity index (χ0) is 11.8. The van der Waals surface area contributed by atoms with Gasteiger partial charge in [-0.05, 0) is 12.1 Å². The maximum Gasteiger partial charge on any atom is 0.180 e. The van der Waals surface area contributed by atoms with Gasteiger partial charge < -0.3 is 16.0 Å². The van der Waals surface area contributed by atoms with E-state index in [1.54, 1.807) is 0 Å². The highest BCUT2D eigenvalue weighted by molar-refractivity contribution is 7.13. The van der Waals surface area contributed by atoms with Crippen LogP contribution in [0, 0.1) is 0 Å². The van der Waals surface area contributed by atoms with E-state index in [0.717, 1.165) is 17.0 Å². The highest BCUT2D eigenvalue weighted by atomic mass is 32.1. The van der Waals surface area contributed by atoms with Crippen LogP contribution in [-0.2, 0) is 0 Å². The number of H-pyrrole nitrogens is 1. The number of fused-ring (bicyclic) bond motifs is 1. The number of imidazole rings is 1. The molecule has 0 saturated heterocycles. The van der Waals surface area contributed by atoms with E-state index in [1.807, 2.05) is 24.6 Å². The lowest BCUT2D eigenvalue weighted by atomic mass is 10.4. The quantitative estimate of drug-likeness (QED) is 0.640. The number of nitrogens with zero attached hydrogens (tertiary/aromatic N) is 3. The molecule has 7 heteroatoms. The molecule has 3 heterocycles. The minimum absolute atomic E-state index is 0.532. The summed E-state index contributed by atoms with van der Waals surface area (Å²) < 4.78 is 0. The number of anilines is 2. The molecule has 0 atom stereocenters. The molecule has 0 spiro atoms. The van der Waals surface area contributed by atoms with Crippen LogP contribution in [0.5, 0.6) is 0 Å². The van der Waals surface area contributed by atoms with Gasteiger partial charge in [-0.1, -0.05) is 0 Å². The van der Waals surface area contributed by atoms with Crippen molar-refractivity contribution in [2.45, 2.75) is 0 Å². The summed E-state index contributed by atoms with van der Waals surface area (Å²) >= 11 is 1.39. The van der Waals surface area contributed by atoms with Crippen LogP contribution < -0.4 is 11.1 Å². The van der Waals surface area contributed by atoms with Crippen LogP contribution in [0.1, 0.15) is 0 Å². The van der Waals surface area contributed by atoms with E-state index < -0.39 is 0 Å². The topological polar surface area (TPSA) is 92.5 Å². The minimum Gasteiger partial charge on any atom is -0.375 e. The molecule has 3 aromatic heterocycles. The summed E-state index contributed by atoms with van der Waals surface area (Å²) in [6.07, 6.45) is 0. The number of nitrogen functional groups attached to an aromatic ring is 1. The standard InChI is InChI=1S/C10H10N6S/c1-12-7-3-2-5-8(15-7)16-9(13-5)6-4-17-10(11)14-6/h2-4H,1H3,(H2,11,14)(H2,12,13,15,16). The second kappa shape index (κ2) is 3.70. The average molecular weight is 246 g/mol. The van der Waals surface area contributed by atoms with Gasteiger partial charge in [0.15, 0.2) is 16.6 Å². The lowest BCUT2D eigenvalue weighted by Gasteiger charge is -1.95. The average Bonchev–Trinajstić information content (AvgIpc) is 2.93. The smallest absolute Gasteiger partial charge is 0.180 e. The third-order valence-corrected chi connectivity index (χ3v) is 3.04. The Bertz CT molecular complexity index is 670. The molecule has 0 aliphatic carbocycles. The Labute approximate surface area is 101 Å². The Morgan fingerprint density at radius 1 is 1.29 bits per heavy atom.